The molecule has 0 saturated heterocycles. The summed E-state index contributed by atoms with van der Waals surface area (Å²) in [6.07, 6.45) is -2.41. The minimum absolute atomic E-state index is 0.281. The van der Waals surface area contributed by atoms with Crippen molar-refractivity contribution in [2.45, 2.75) is 18.4 Å². The SMILES string of the molecule is CO.CO.C[N+](C)(C)CCO.O=C(O)CC(O)(CC(=O)O)C(=O)[O-]. The molecule has 0 aromatic carbocycles. The van der Waals surface area contributed by atoms with Crippen molar-refractivity contribution >= 4 is 17.9 Å². The highest BCUT2D eigenvalue weighted by Gasteiger charge is 2.34. The molecule has 11 nitrogen and oxygen atoms in total. The fourth-order valence-corrected chi connectivity index (χ4v) is 1.01. The van der Waals surface area contributed by atoms with E-state index in [0.717, 1.165) is 25.2 Å². The summed E-state index contributed by atoms with van der Waals surface area (Å²) in [5.74, 6) is -5.35. The van der Waals surface area contributed by atoms with E-state index in [9.17, 15) is 19.5 Å². The van der Waals surface area contributed by atoms with Gasteiger partial charge in [0, 0.05) is 14.2 Å². The maximum absolute atomic E-state index is 10.2. The summed E-state index contributed by atoms with van der Waals surface area (Å²) in [5, 5.41) is 57.9. The van der Waals surface area contributed by atoms with Gasteiger partial charge in [-0.1, -0.05) is 0 Å². The molecule has 0 spiro atoms. The molecule has 0 aliphatic carbocycles. The topological polar surface area (TPSA) is 196 Å². The first-order chi connectivity index (χ1) is 10.8. The number of carbonyl (C=O) groups is 3. The summed E-state index contributed by atoms with van der Waals surface area (Å²) in [4.78, 5) is 30.3. The molecule has 0 fully saturated rings. The van der Waals surface area contributed by atoms with Gasteiger partial charge in [0.05, 0.1) is 46.6 Å². The van der Waals surface area contributed by atoms with Crippen molar-refractivity contribution in [3.05, 3.63) is 0 Å². The minimum Gasteiger partial charge on any atom is -0.547 e. The normalized spacial score (nSPS) is 9.88. The quantitative estimate of drug-likeness (QED) is 0.246. The second-order valence-corrected chi connectivity index (χ2v) is 5.20. The van der Waals surface area contributed by atoms with Gasteiger partial charge in [0.25, 0.3) is 0 Å². The van der Waals surface area contributed by atoms with Crippen LogP contribution in [-0.4, -0.2) is 107 Å². The summed E-state index contributed by atoms with van der Waals surface area (Å²) < 4.78 is 0.844. The Bertz CT molecular complexity index is 335. The minimum atomic E-state index is -2.85. The van der Waals surface area contributed by atoms with Crippen molar-refractivity contribution < 1.29 is 54.6 Å². The van der Waals surface area contributed by atoms with E-state index in [1.165, 1.54) is 0 Å². The summed E-state index contributed by atoms with van der Waals surface area (Å²) in [6.45, 7) is 1.11. The summed E-state index contributed by atoms with van der Waals surface area (Å²) in [5.41, 5.74) is -2.85. The number of carboxylic acids is 3. The summed E-state index contributed by atoms with van der Waals surface area (Å²) in [7, 11) is 8.16. The van der Waals surface area contributed by atoms with Crippen LogP contribution in [0.1, 0.15) is 12.8 Å². The molecule has 0 unspecified atom stereocenters. The van der Waals surface area contributed by atoms with Crippen LogP contribution in [0.5, 0.6) is 0 Å². The molecule has 0 bridgehead atoms. The Morgan fingerprint density at radius 2 is 1.21 bits per heavy atom. The number of nitrogens with zero attached hydrogens (tertiary/aromatic N) is 1. The molecule has 0 aromatic heterocycles. The van der Waals surface area contributed by atoms with E-state index in [1.807, 2.05) is 0 Å². The maximum Gasteiger partial charge on any atom is 0.306 e. The Balaban J connectivity index is -0.000000153. The lowest BCUT2D eigenvalue weighted by atomic mass is 9.96. The molecule has 0 radical (unpaired) electrons. The largest absolute Gasteiger partial charge is 0.547 e. The van der Waals surface area contributed by atoms with Crippen molar-refractivity contribution in [1.29, 1.82) is 0 Å². The number of rotatable bonds is 7. The number of aliphatic carboxylic acids is 3. The van der Waals surface area contributed by atoms with E-state index in [-0.39, 0.29) is 6.61 Å². The first-order valence-electron chi connectivity index (χ1n) is 6.52. The van der Waals surface area contributed by atoms with Crippen LogP contribution >= 0.6 is 0 Å². The zero-order valence-electron chi connectivity index (χ0n) is 14.6. The first kappa shape index (κ1) is 30.1. The van der Waals surface area contributed by atoms with Crippen LogP contribution in [0.4, 0.5) is 0 Å². The van der Waals surface area contributed by atoms with E-state index < -0.39 is 36.4 Å². The predicted octanol–water partition coefficient (Wildman–Crippen LogP) is -3.68. The zero-order valence-corrected chi connectivity index (χ0v) is 14.6. The Labute approximate surface area is 140 Å². The highest BCUT2D eigenvalue weighted by molar-refractivity contribution is 5.86. The van der Waals surface area contributed by atoms with Crippen LogP contribution in [0.2, 0.25) is 0 Å². The van der Waals surface area contributed by atoms with Crippen LogP contribution < -0.4 is 5.11 Å². The molecule has 24 heavy (non-hydrogen) atoms. The maximum atomic E-state index is 10.2. The molecule has 0 amide bonds. The van der Waals surface area contributed by atoms with Gasteiger partial charge in [0.1, 0.15) is 12.1 Å². The molecule has 146 valence electrons. The Hall–Kier alpha value is -1.79. The molecular formula is C13H29NO10. The molecule has 0 aromatic rings. The van der Waals surface area contributed by atoms with Gasteiger partial charge in [-0.15, -0.1) is 0 Å². The van der Waals surface area contributed by atoms with Gasteiger partial charge < -0.3 is 45.0 Å². The monoisotopic (exact) mass is 359 g/mol. The second kappa shape index (κ2) is 16.1. The smallest absolute Gasteiger partial charge is 0.306 e. The van der Waals surface area contributed by atoms with Gasteiger partial charge in [-0.3, -0.25) is 9.59 Å². The van der Waals surface area contributed by atoms with Crippen LogP contribution in [0.15, 0.2) is 0 Å². The number of aliphatic hydroxyl groups excluding tert-OH is 3. The third-order valence-corrected chi connectivity index (χ3v) is 2.04. The number of quaternary nitrogens is 1. The predicted molar refractivity (Wildman–Crippen MR) is 80.7 cm³/mol. The van der Waals surface area contributed by atoms with Crippen molar-refractivity contribution in [3.8, 4) is 0 Å². The first-order valence-corrected chi connectivity index (χ1v) is 6.52. The average Bonchev–Trinajstić information content (AvgIpc) is 2.40. The molecular weight excluding hydrogens is 330 g/mol. The Morgan fingerprint density at radius 3 is 1.29 bits per heavy atom. The molecule has 0 rings (SSSR count). The molecule has 6 N–H and O–H groups in total. The number of hydrogen-bond donors (Lipinski definition) is 6. The molecule has 11 heteroatoms. The Morgan fingerprint density at radius 1 is 0.917 bits per heavy atom. The highest BCUT2D eigenvalue weighted by atomic mass is 16.4. The number of likely N-dealkylation sites (N-methyl/N-ethyl adjacent to an activating group) is 1. The fraction of sp³-hybridized carbons (Fsp3) is 0.769. The van der Waals surface area contributed by atoms with Crippen molar-refractivity contribution in [1.82, 2.24) is 0 Å². The lowest BCUT2D eigenvalue weighted by Crippen LogP contribution is -2.51. The number of hydrogen-bond acceptors (Lipinski definition) is 8. The van der Waals surface area contributed by atoms with E-state index >= 15 is 0 Å². The van der Waals surface area contributed by atoms with Crippen LogP contribution in [0.25, 0.3) is 0 Å². The van der Waals surface area contributed by atoms with E-state index in [0.29, 0.717) is 0 Å². The molecule has 0 atom stereocenters. The number of carboxylic acid groups (broad SMARTS) is 3. The standard InChI is InChI=1S/C6H8O7.C5H14NO.2CH4O/c7-3(8)1-6(13,5(11)12)2-4(9)10;1-6(2,3)4-5-7;2*1-2/h13H,1-2H2,(H,7,8)(H,9,10)(H,11,12);7H,4-5H2,1-3H3;2*2H,1H3/q;+1;;/p-1. The van der Waals surface area contributed by atoms with Crippen molar-refractivity contribution in [2.75, 3.05) is 48.5 Å². The molecule has 0 saturated carbocycles. The second-order valence-electron chi connectivity index (χ2n) is 5.20. The van der Waals surface area contributed by atoms with Crippen LogP contribution in [-0.2, 0) is 14.4 Å². The molecule has 0 aliphatic rings. The summed E-state index contributed by atoms with van der Waals surface area (Å²) >= 11 is 0. The Kier molecular flexibility index (Phi) is 20.2. The van der Waals surface area contributed by atoms with E-state index in [2.05, 4.69) is 21.1 Å². The summed E-state index contributed by atoms with van der Waals surface area (Å²) in [6, 6.07) is 0. The lowest BCUT2D eigenvalue weighted by Gasteiger charge is -2.25. The van der Waals surface area contributed by atoms with Gasteiger partial charge in [0.2, 0.25) is 0 Å². The van der Waals surface area contributed by atoms with Crippen LogP contribution in [0, 0.1) is 0 Å². The highest BCUT2D eigenvalue weighted by Crippen LogP contribution is 2.14. The molecule has 0 heterocycles. The van der Waals surface area contributed by atoms with E-state index in [4.69, 9.17) is 30.6 Å². The fourth-order valence-electron chi connectivity index (χ4n) is 1.01. The molecule has 0 aliphatic heterocycles. The number of aliphatic hydroxyl groups is 4. The lowest BCUT2D eigenvalue weighted by molar-refractivity contribution is -0.870. The van der Waals surface area contributed by atoms with Gasteiger partial charge in [-0.25, -0.2) is 0 Å². The van der Waals surface area contributed by atoms with E-state index in [1.54, 1.807) is 0 Å². The average molecular weight is 359 g/mol. The van der Waals surface area contributed by atoms with Gasteiger partial charge in [-0.2, -0.15) is 0 Å². The van der Waals surface area contributed by atoms with Crippen molar-refractivity contribution in [3.63, 3.8) is 0 Å². The zero-order chi connectivity index (χ0) is 20.6. The number of carbonyl (C=O) groups excluding carboxylic acids is 1. The van der Waals surface area contributed by atoms with Crippen LogP contribution in [0.3, 0.4) is 0 Å². The third-order valence-electron chi connectivity index (χ3n) is 2.04. The van der Waals surface area contributed by atoms with Gasteiger partial charge in [-0.05, 0) is 0 Å². The third kappa shape index (κ3) is 22.5. The van der Waals surface area contributed by atoms with Gasteiger partial charge >= 0.3 is 11.9 Å². The van der Waals surface area contributed by atoms with Crippen molar-refractivity contribution in [2.24, 2.45) is 0 Å². The van der Waals surface area contributed by atoms with Gasteiger partial charge in [0.15, 0.2) is 0 Å².